The minimum absolute atomic E-state index is 0.302. The zero-order valence-corrected chi connectivity index (χ0v) is 14.0. The normalized spacial score (nSPS) is 11.9. The zero-order valence-electron chi connectivity index (χ0n) is 14.0. The summed E-state index contributed by atoms with van der Waals surface area (Å²) in [6.07, 6.45) is 3.24. The van der Waals surface area contributed by atoms with Crippen molar-refractivity contribution in [2.75, 3.05) is 0 Å². The van der Waals surface area contributed by atoms with Gasteiger partial charge in [0.1, 0.15) is 16.2 Å². The number of furan rings is 1. The summed E-state index contributed by atoms with van der Waals surface area (Å²) >= 11 is 0. The number of rotatable bonds is 3. The van der Waals surface area contributed by atoms with Gasteiger partial charge in [-0.1, -0.05) is 48.5 Å². The van der Waals surface area contributed by atoms with Crippen molar-refractivity contribution in [3.63, 3.8) is 0 Å². The van der Waals surface area contributed by atoms with Gasteiger partial charge in [-0.25, -0.2) is 4.98 Å². The maximum Gasteiger partial charge on any atom is 0.433 e. The number of nitro groups is 1. The molecule has 3 aromatic carbocycles. The first-order chi connectivity index (χ1) is 13.2. The van der Waals surface area contributed by atoms with Gasteiger partial charge in [0.2, 0.25) is 5.89 Å². The van der Waals surface area contributed by atoms with Crippen LogP contribution in [0.3, 0.4) is 0 Å². The molecule has 5 rings (SSSR count). The Hall–Kier alpha value is -3.93. The van der Waals surface area contributed by atoms with Crippen molar-refractivity contribution >= 4 is 50.7 Å². The lowest BCUT2D eigenvalue weighted by Crippen LogP contribution is -1.82. The van der Waals surface area contributed by atoms with Crippen LogP contribution in [0.1, 0.15) is 11.7 Å². The summed E-state index contributed by atoms with van der Waals surface area (Å²) in [7, 11) is 0. The van der Waals surface area contributed by atoms with E-state index in [2.05, 4.69) is 17.1 Å². The van der Waals surface area contributed by atoms with E-state index in [1.165, 1.54) is 12.1 Å². The third kappa shape index (κ3) is 2.46. The highest BCUT2D eigenvalue weighted by atomic mass is 16.6. The van der Waals surface area contributed by atoms with Crippen molar-refractivity contribution in [3.05, 3.63) is 82.4 Å². The smallest absolute Gasteiger partial charge is 0.433 e. The highest BCUT2D eigenvalue weighted by Crippen LogP contribution is 2.35. The Kier molecular flexibility index (Phi) is 3.30. The van der Waals surface area contributed by atoms with Crippen molar-refractivity contribution in [2.24, 2.45) is 0 Å². The molecule has 0 atom stereocenters. The first-order valence-corrected chi connectivity index (χ1v) is 8.33. The molecule has 6 nitrogen and oxygen atoms in total. The van der Waals surface area contributed by atoms with Gasteiger partial charge >= 0.3 is 5.88 Å². The predicted octanol–water partition coefficient (Wildman–Crippen LogP) is 5.81. The van der Waals surface area contributed by atoms with E-state index in [4.69, 9.17) is 8.83 Å². The number of oxazole rings is 1. The first kappa shape index (κ1) is 15.3. The van der Waals surface area contributed by atoms with Crippen LogP contribution in [0.2, 0.25) is 0 Å². The summed E-state index contributed by atoms with van der Waals surface area (Å²) in [5, 5.41) is 14.9. The molecular formula is C21H12N2O4. The zero-order chi connectivity index (χ0) is 18.4. The molecule has 0 saturated carbocycles. The molecule has 2 heterocycles. The van der Waals surface area contributed by atoms with E-state index < -0.39 is 4.92 Å². The molecule has 6 heteroatoms. The maximum atomic E-state index is 10.7. The Morgan fingerprint density at radius 2 is 1.48 bits per heavy atom. The number of nitrogens with zero attached hydrogens (tertiary/aromatic N) is 2. The van der Waals surface area contributed by atoms with Crippen LogP contribution >= 0.6 is 0 Å². The summed E-state index contributed by atoms with van der Waals surface area (Å²) in [6.45, 7) is 0. The topological polar surface area (TPSA) is 82.3 Å². The van der Waals surface area contributed by atoms with Crippen molar-refractivity contribution in [1.82, 2.24) is 4.98 Å². The van der Waals surface area contributed by atoms with Crippen LogP contribution in [0.5, 0.6) is 0 Å². The molecule has 2 aromatic heterocycles. The van der Waals surface area contributed by atoms with Crippen molar-refractivity contribution < 1.29 is 13.8 Å². The molecule has 0 fully saturated rings. The Morgan fingerprint density at radius 1 is 0.815 bits per heavy atom. The molecule has 0 aliphatic carbocycles. The number of fused-ring (bicyclic) bond motifs is 6. The van der Waals surface area contributed by atoms with Crippen LogP contribution in [-0.2, 0) is 0 Å². The average molecular weight is 356 g/mol. The Morgan fingerprint density at radius 3 is 2.19 bits per heavy atom. The molecule has 0 bridgehead atoms. The van der Waals surface area contributed by atoms with Gasteiger partial charge in [-0.3, -0.25) is 10.1 Å². The van der Waals surface area contributed by atoms with Crippen molar-refractivity contribution in [2.45, 2.75) is 0 Å². The van der Waals surface area contributed by atoms with Gasteiger partial charge in [0.25, 0.3) is 0 Å². The lowest BCUT2D eigenvalue weighted by Gasteiger charge is -2.04. The fraction of sp³-hybridized carbons (Fsp3) is 0. The van der Waals surface area contributed by atoms with Crippen LogP contribution in [0.25, 0.3) is 44.8 Å². The van der Waals surface area contributed by atoms with Crippen LogP contribution in [0.4, 0.5) is 5.88 Å². The molecule has 5 aromatic rings. The second-order valence-corrected chi connectivity index (χ2v) is 6.09. The quantitative estimate of drug-likeness (QED) is 0.231. The van der Waals surface area contributed by atoms with Crippen molar-refractivity contribution in [3.8, 4) is 0 Å². The van der Waals surface area contributed by atoms with Crippen LogP contribution < -0.4 is 0 Å². The van der Waals surface area contributed by atoms with Gasteiger partial charge in [0.15, 0.2) is 5.58 Å². The lowest BCUT2D eigenvalue weighted by molar-refractivity contribution is -0.402. The second kappa shape index (κ2) is 5.81. The summed E-state index contributed by atoms with van der Waals surface area (Å²) in [6, 6.07) is 19.0. The number of hydrogen-bond acceptors (Lipinski definition) is 5. The number of benzene rings is 3. The van der Waals surface area contributed by atoms with Crippen molar-refractivity contribution in [1.29, 1.82) is 0 Å². The van der Waals surface area contributed by atoms with E-state index in [9.17, 15) is 10.1 Å². The molecule has 0 aliphatic rings. The van der Waals surface area contributed by atoms with Gasteiger partial charge in [-0.2, -0.15) is 0 Å². The first-order valence-electron chi connectivity index (χ1n) is 8.33. The minimum Gasteiger partial charge on any atom is -0.436 e. The molecule has 0 aliphatic heterocycles. The third-order valence-corrected chi connectivity index (χ3v) is 4.47. The fourth-order valence-electron chi connectivity index (χ4n) is 3.30. The van der Waals surface area contributed by atoms with E-state index in [1.54, 1.807) is 12.2 Å². The molecule has 130 valence electrons. The van der Waals surface area contributed by atoms with Gasteiger partial charge in [0, 0.05) is 16.8 Å². The summed E-state index contributed by atoms with van der Waals surface area (Å²) in [4.78, 5) is 14.8. The fourth-order valence-corrected chi connectivity index (χ4v) is 3.30. The lowest BCUT2D eigenvalue weighted by atomic mass is 10.0. The number of hydrogen-bond donors (Lipinski definition) is 0. The SMILES string of the molecule is O=[N+]([O-])c1ccc(/C=C/c2nc3c4ccccc4c4ccccc4c3o2)o1. The maximum absolute atomic E-state index is 10.7. The van der Waals surface area contributed by atoms with Gasteiger partial charge in [-0.15, -0.1) is 0 Å². The minimum atomic E-state index is -0.574. The molecule has 0 amide bonds. The summed E-state index contributed by atoms with van der Waals surface area (Å²) in [5.74, 6) is 0.466. The van der Waals surface area contributed by atoms with Crippen LogP contribution in [0.15, 0.2) is 69.5 Å². The summed E-state index contributed by atoms with van der Waals surface area (Å²) in [5.41, 5.74) is 1.50. The number of aromatic nitrogens is 1. The molecule has 0 saturated heterocycles. The monoisotopic (exact) mass is 356 g/mol. The van der Waals surface area contributed by atoms with Crippen LogP contribution in [0, 0.1) is 10.1 Å². The van der Waals surface area contributed by atoms with Crippen LogP contribution in [-0.4, -0.2) is 9.91 Å². The van der Waals surface area contributed by atoms with E-state index in [0.717, 1.165) is 32.6 Å². The largest absolute Gasteiger partial charge is 0.436 e. The molecule has 0 N–H and O–H groups in total. The second-order valence-electron chi connectivity index (χ2n) is 6.09. The van der Waals surface area contributed by atoms with E-state index in [1.807, 2.05) is 36.4 Å². The molecule has 0 spiro atoms. The standard InChI is InChI=1S/C21H12N2O4/c24-23(25)19-12-10-13(26-19)9-11-18-22-20-16-7-3-1-5-14(16)15-6-2-4-8-17(15)21(20)27-18/h1-12H/b11-9+. The van der Waals surface area contributed by atoms with E-state index in [-0.39, 0.29) is 5.88 Å². The Bertz CT molecular complexity index is 1290. The van der Waals surface area contributed by atoms with Gasteiger partial charge in [0.05, 0.1) is 6.07 Å². The van der Waals surface area contributed by atoms with E-state index in [0.29, 0.717) is 11.7 Å². The Labute approximate surface area is 152 Å². The molecule has 27 heavy (non-hydrogen) atoms. The van der Waals surface area contributed by atoms with Gasteiger partial charge < -0.3 is 8.83 Å². The summed E-state index contributed by atoms with van der Waals surface area (Å²) < 4.78 is 11.1. The highest BCUT2D eigenvalue weighted by Gasteiger charge is 2.14. The predicted molar refractivity (Wildman–Crippen MR) is 103 cm³/mol. The highest BCUT2D eigenvalue weighted by molar-refractivity contribution is 6.22. The third-order valence-electron chi connectivity index (χ3n) is 4.47. The molecule has 0 unspecified atom stereocenters. The average Bonchev–Trinajstić information content (AvgIpc) is 3.34. The van der Waals surface area contributed by atoms with E-state index >= 15 is 0 Å². The molecular weight excluding hydrogens is 344 g/mol. The van der Waals surface area contributed by atoms with Gasteiger partial charge in [-0.05, 0) is 22.9 Å². The Balaban J connectivity index is 1.68. The molecule has 0 radical (unpaired) electrons.